The minimum absolute atomic E-state index is 0.148. The van der Waals surface area contributed by atoms with E-state index in [0.29, 0.717) is 12.3 Å². The number of pyridine rings is 1. The standard InChI is InChI=1S/C12H19N3O/c1-8(2)6-10(13)12(16)15-11-7-14-5-4-9(11)3/h4-5,7-8,10H,6,13H2,1-3H3,(H,15,16)/t10-/m0/s1. The fraction of sp³-hybridized carbons (Fsp3) is 0.500. The summed E-state index contributed by atoms with van der Waals surface area (Å²) in [6, 6.07) is 1.39. The van der Waals surface area contributed by atoms with Crippen molar-refractivity contribution in [1.29, 1.82) is 0 Å². The summed E-state index contributed by atoms with van der Waals surface area (Å²) >= 11 is 0. The van der Waals surface area contributed by atoms with Crippen molar-refractivity contribution in [1.82, 2.24) is 4.98 Å². The molecule has 0 spiro atoms. The topological polar surface area (TPSA) is 68.0 Å². The predicted molar refractivity (Wildman–Crippen MR) is 65.0 cm³/mol. The molecule has 0 aliphatic heterocycles. The van der Waals surface area contributed by atoms with E-state index < -0.39 is 6.04 Å². The molecule has 4 heteroatoms. The van der Waals surface area contributed by atoms with Gasteiger partial charge in [-0.05, 0) is 30.9 Å². The van der Waals surface area contributed by atoms with Crippen molar-refractivity contribution in [2.24, 2.45) is 11.7 Å². The highest BCUT2D eigenvalue weighted by Crippen LogP contribution is 2.12. The van der Waals surface area contributed by atoms with Crippen LogP contribution in [-0.2, 0) is 4.79 Å². The Balaban J connectivity index is 2.61. The highest BCUT2D eigenvalue weighted by Gasteiger charge is 2.15. The Hall–Kier alpha value is -1.42. The third kappa shape index (κ3) is 3.62. The van der Waals surface area contributed by atoms with Crippen LogP contribution in [0.4, 0.5) is 5.69 Å². The van der Waals surface area contributed by atoms with Crippen molar-refractivity contribution >= 4 is 11.6 Å². The van der Waals surface area contributed by atoms with Crippen molar-refractivity contribution in [3.8, 4) is 0 Å². The van der Waals surface area contributed by atoms with Gasteiger partial charge in [0.05, 0.1) is 17.9 Å². The van der Waals surface area contributed by atoms with E-state index >= 15 is 0 Å². The quantitative estimate of drug-likeness (QED) is 0.813. The van der Waals surface area contributed by atoms with Gasteiger partial charge in [-0.2, -0.15) is 0 Å². The Labute approximate surface area is 96.3 Å². The van der Waals surface area contributed by atoms with Crippen LogP contribution in [0.1, 0.15) is 25.8 Å². The molecule has 1 aromatic rings. The second-order valence-electron chi connectivity index (χ2n) is 4.42. The van der Waals surface area contributed by atoms with Gasteiger partial charge in [-0.3, -0.25) is 9.78 Å². The zero-order chi connectivity index (χ0) is 12.1. The van der Waals surface area contributed by atoms with Crippen LogP contribution in [-0.4, -0.2) is 16.9 Å². The first-order valence-corrected chi connectivity index (χ1v) is 5.47. The van der Waals surface area contributed by atoms with Crippen LogP contribution in [0.25, 0.3) is 0 Å². The molecule has 88 valence electrons. The summed E-state index contributed by atoms with van der Waals surface area (Å²) in [5.74, 6) is 0.264. The normalized spacial score (nSPS) is 12.6. The van der Waals surface area contributed by atoms with Gasteiger partial charge >= 0.3 is 0 Å². The molecule has 0 unspecified atom stereocenters. The van der Waals surface area contributed by atoms with E-state index in [-0.39, 0.29) is 5.91 Å². The summed E-state index contributed by atoms with van der Waals surface area (Å²) in [4.78, 5) is 15.7. The number of aromatic nitrogens is 1. The number of hydrogen-bond acceptors (Lipinski definition) is 3. The third-order valence-corrected chi connectivity index (χ3v) is 2.36. The number of rotatable bonds is 4. The smallest absolute Gasteiger partial charge is 0.241 e. The van der Waals surface area contributed by atoms with Crippen molar-refractivity contribution in [2.45, 2.75) is 33.2 Å². The van der Waals surface area contributed by atoms with Crippen LogP contribution in [0, 0.1) is 12.8 Å². The Bertz CT molecular complexity index is 363. The molecule has 1 amide bonds. The fourth-order valence-corrected chi connectivity index (χ4v) is 1.44. The van der Waals surface area contributed by atoms with Crippen LogP contribution in [0.15, 0.2) is 18.5 Å². The van der Waals surface area contributed by atoms with Crippen molar-refractivity contribution in [3.05, 3.63) is 24.0 Å². The first kappa shape index (κ1) is 12.6. The Morgan fingerprint density at radius 1 is 1.56 bits per heavy atom. The second kappa shape index (κ2) is 5.61. The van der Waals surface area contributed by atoms with Crippen LogP contribution in [0.3, 0.4) is 0 Å². The molecule has 0 radical (unpaired) electrons. The Kier molecular flexibility index (Phi) is 4.43. The number of hydrogen-bond donors (Lipinski definition) is 2. The molecule has 4 nitrogen and oxygen atoms in total. The molecular weight excluding hydrogens is 202 g/mol. The maximum Gasteiger partial charge on any atom is 0.241 e. The maximum atomic E-state index is 11.7. The molecule has 3 N–H and O–H groups in total. The molecule has 1 aromatic heterocycles. The zero-order valence-electron chi connectivity index (χ0n) is 10.0. The summed E-state index contributed by atoms with van der Waals surface area (Å²) in [5, 5.41) is 2.79. The molecule has 0 bridgehead atoms. The third-order valence-electron chi connectivity index (χ3n) is 2.36. The molecule has 1 rings (SSSR count). The van der Waals surface area contributed by atoms with Gasteiger partial charge < -0.3 is 11.1 Å². The summed E-state index contributed by atoms with van der Waals surface area (Å²) in [6.07, 6.45) is 4.01. The van der Waals surface area contributed by atoms with E-state index in [2.05, 4.69) is 10.3 Å². The van der Waals surface area contributed by atoms with E-state index in [0.717, 1.165) is 11.3 Å². The van der Waals surface area contributed by atoms with E-state index in [1.807, 2.05) is 26.8 Å². The fourth-order valence-electron chi connectivity index (χ4n) is 1.44. The zero-order valence-corrected chi connectivity index (χ0v) is 10.0. The average molecular weight is 221 g/mol. The second-order valence-corrected chi connectivity index (χ2v) is 4.42. The highest BCUT2D eigenvalue weighted by molar-refractivity contribution is 5.95. The summed E-state index contributed by atoms with van der Waals surface area (Å²) in [7, 11) is 0. The number of aryl methyl sites for hydroxylation is 1. The predicted octanol–water partition coefficient (Wildman–Crippen LogP) is 1.70. The first-order valence-electron chi connectivity index (χ1n) is 5.47. The number of nitrogens with two attached hydrogens (primary N) is 1. The highest BCUT2D eigenvalue weighted by atomic mass is 16.2. The van der Waals surface area contributed by atoms with E-state index in [9.17, 15) is 4.79 Å². The van der Waals surface area contributed by atoms with Gasteiger partial charge in [-0.25, -0.2) is 0 Å². The Morgan fingerprint density at radius 3 is 2.81 bits per heavy atom. The number of carbonyl (C=O) groups excluding carboxylic acids is 1. The lowest BCUT2D eigenvalue weighted by Gasteiger charge is -2.14. The van der Waals surface area contributed by atoms with Gasteiger partial charge in [0.2, 0.25) is 5.91 Å². The molecule has 1 heterocycles. The van der Waals surface area contributed by atoms with Gasteiger partial charge in [0, 0.05) is 6.20 Å². The molecular formula is C12H19N3O. The number of carbonyl (C=O) groups is 1. The van der Waals surface area contributed by atoms with Gasteiger partial charge in [0.15, 0.2) is 0 Å². The van der Waals surface area contributed by atoms with Crippen LogP contribution < -0.4 is 11.1 Å². The molecule has 0 saturated carbocycles. The number of anilines is 1. The van der Waals surface area contributed by atoms with E-state index in [1.54, 1.807) is 12.4 Å². The van der Waals surface area contributed by atoms with Gasteiger partial charge in [-0.1, -0.05) is 13.8 Å². The summed E-state index contributed by atoms with van der Waals surface area (Å²) in [5.41, 5.74) is 7.50. The largest absolute Gasteiger partial charge is 0.323 e. The van der Waals surface area contributed by atoms with Crippen LogP contribution in [0.5, 0.6) is 0 Å². The Morgan fingerprint density at radius 2 is 2.25 bits per heavy atom. The van der Waals surface area contributed by atoms with Crippen molar-refractivity contribution in [3.63, 3.8) is 0 Å². The van der Waals surface area contributed by atoms with E-state index in [4.69, 9.17) is 5.73 Å². The molecule has 1 atom stereocenters. The molecule has 0 saturated heterocycles. The average Bonchev–Trinajstić information content (AvgIpc) is 2.20. The number of amides is 1. The molecule has 0 aromatic carbocycles. The molecule has 0 aliphatic rings. The number of nitrogens with one attached hydrogen (secondary N) is 1. The van der Waals surface area contributed by atoms with Crippen LogP contribution in [0.2, 0.25) is 0 Å². The molecule has 0 aliphatic carbocycles. The minimum atomic E-state index is -0.459. The lowest BCUT2D eigenvalue weighted by Crippen LogP contribution is -2.36. The van der Waals surface area contributed by atoms with Crippen LogP contribution >= 0.6 is 0 Å². The van der Waals surface area contributed by atoms with Gasteiger partial charge in [-0.15, -0.1) is 0 Å². The van der Waals surface area contributed by atoms with Gasteiger partial charge in [0.25, 0.3) is 0 Å². The number of nitrogens with zero attached hydrogens (tertiary/aromatic N) is 1. The lowest BCUT2D eigenvalue weighted by molar-refractivity contribution is -0.117. The minimum Gasteiger partial charge on any atom is -0.323 e. The van der Waals surface area contributed by atoms with Gasteiger partial charge in [0.1, 0.15) is 0 Å². The first-order chi connectivity index (χ1) is 7.50. The monoisotopic (exact) mass is 221 g/mol. The lowest BCUT2D eigenvalue weighted by atomic mass is 10.0. The van der Waals surface area contributed by atoms with E-state index in [1.165, 1.54) is 0 Å². The van der Waals surface area contributed by atoms with Crippen molar-refractivity contribution in [2.75, 3.05) is 5.32 Å². The summed E-state index contributed by atoms with van der Waals surface area (Å²) < 4.78 is 0. The maximum absolute atomic E-state index is 11.7. The molecule has 16 heavy (non-hydrogen) atoms. The summed E-state index contributed by atoms with van der Waals surface area (Å²) in [6.45, 7) is 6.01. The SMILES string of the molecule is Cc1ccncc1NC(=O)[C@@H](N)CC(C)C. The van der Waals surface area contributed by atoms with Crippen molar-refractivity contribution < 1.29 is 4.79 Å². The molecule has 0 fully saturated rings.